The number of nitrogens with one attached hydrogen (secondary N) is 1. The molecule has 0 aromatic rings. The zero-order chi connectivity index (χ0) is 12.6. The summed E-state index contributed by atoms with van der Waals surface area (Å²) in [5, 5.41) is 12.1. The zero-order valence-corrected chi connectivity index (χ0v) is 11.2. The summed E-state index contributed by atoms with van der Waals surface area (Å²) in [5.41, 5.74) is 0.304. The Morgan fingerprint density at radius 2 is 2.00 bits per heavy atom. The lowest BCUT2D eigenvalue weighted by molar-refractivity contribution is -0.121. The van der Waals surface area contributed by atoms with E-state index in [1.807, 2.05) is 6.92 Å². The van der Waals surface area contributed by atoms with Crippen molar-refractivity contribution in [1.29, 1.82) is 0 Å². The summed E-state index contributed by atoms with van der Waals surface area (Å²) in [6.45, 7) is 9.08. The summed E-state index contributed by atoms with van der Waals surface area (Å²) >= 11 is 0. The molecule has 0 spiro atoms. The maximum Gasteiger partial charge on any atom is 0.219 e. The first-order valence-electron chi connectivity index (χ1n) is 6.30. The number of hydrogen-bond donors (Lipinski definition) is 2. The third-order valence-electron chi connectivity index (χ3n) is 2.60. The van der Waals surface area contributed by atoms with Gasteiger partial charge < -0.3 is 10.4 Å². The van der Waals surface area contributed by atoms with Crippen molar-refractivity contribution in [1.82, 2.24) is 5.32 Å². The Morgan fingerprint density at radius 1 is 1.38 bits per heavy atom. The summed E-state index contributed by atoms with van der Waals surface area (Å²) in [4.78, 5) is 11.4. The lowest BCUT2D eigenvalue weighted by atomic mass is 9.90. The number of amides is 1. The van der Waals surface area contributed by atoms with E-state index in [2.05, 4.69) is 26.1 Å². The number of rotatable bonds is 7. The normalized spacial score (nSPS) is 13.6. The van der Waals surface area contributed by atoms with Gasteiger partial charge in [0.25, 0.3) is 0 Å². The van der Waals surface area contributed by atoms with Crippen LogP contribution in [-0.4, -0.2) is 23.7 Å². The van der Waals surface area contributed by atoms with Crippen molar-refractivity contribution >= 4 is 5.91 Å². The first kappa shape index (κ1) is 15.4. The van der Waals surface area contributed by atoms with Gasteiger partial charge in [-0.2, -0.15) is 0 Å². The Labute approximate surface area is 99.6 Å². The smallest absolute Gasteiger partial charge is 0.219 e. The molecular weight excluding hydrogens is 202 g/mol. The predicted molar refractivity (Wildman–Crippen MR) is 67.2 cm³/mol. The molecule has 0 saturated carbocycles. The van der Waals surface area contributed by atoms with Gasteiger partial charge in [0.1, 0.15) is 0 Å². The van der Waals surface area contributed by atoms with E-state index in [0.717, 1.165) is 19.3 Å². The molecule has 0 radical (unpaired) electrons. The summed E-state index contributed by atoms with van der Waals surface area (Å²) < 4.78 is 0. The van der Waals surface area contributed by atoms with E-state index in [4.69, 9.17) is 0 Å². The fraction of sp³-hybridized carbons (Fsp3) is 0.923. The molecule has 0 aliphatic rings. The number of carbonyl (C=O) groups is 1. The van der Waals surface area contributed by atoms with Crippen LogP contribution < -0.4 is 5.32 Å². The maximum absolute atomic E-state index is 11.4. The minimum atomic E-state index is -0.283. The molecule has 0 aliphatic heterocycles. The predicted octanol–water partition coefficient (Wildman–Crippen LogP) is 2.48. The van der Waals surface area contributed by atoms with E-state index in [1.54, 1.807) is 0 Å². The maximum atomic E-state index is 11.4. The molecular formula is C13H27NO2. The standard InChI is InChI=1S/C13H27NO2/c1-5-11(15)8-10-14-12(16)7-6-9-13(2,3)4/h11,15H,5-10H2,1-4H3,(H,14,16). The van der Waals surface area contributed by atoms with Gasteiger partial charge in [0.2, 0.25) is 5.91 Å². The van der Waals surface area contributed by atoms with Gasteiger partial charge in [0.05, 0.1) is 6.10 Å². The fourth-order valence-electron chi connectivity index (χ4n) is 1.45. The molecule has 0 aromatic heterocycles. The van der Waals surface area contributed by atoms with Crippen LogP contribution in [0.3, 0.4) is 0 Å². The van der Waals surface area contributed by atoms with Gasteiger partial charge in [-0.05, 0) is 31.1 Å². The number of aliphatic hydroxyl groups excluding tert-OH is 1. The van der Waals surface area contributed by atoms with Crippen molar-refractivity contribution < 1.29 is 9.90 Å². The number of carbonyl (C=O) groups excluding carboxylic acids is 1. The van der Waals surface area contributed by atoms with Crippen LogP contribution in [0.15, 0.2) is 0 Å². The van der Waals surface area contributed by atoms with Gasteiger partial charge in [-0.15, -0.1) is 0 Å². The third-order valence-corrected chi connectivity index (χ3v) is 2.60. The molecule has 1 atom stereocenters. The summed E-state index contributed by atoms with van der Waals surface area (Å²) in [6.07, 6.45) is 3.72. The van der Waals surface area contributed by atoms with E-state index in [-0.39, 0.29) is 12.0 Å². The van der Waals surface area contributed by atoms with Crippen molar-refractivity contribution in [2.75, 3.05) is 6.54 Å². The van der Waals surface area contributed by atoms with E-state index in [1.165, 1.54) is 0 Å². The second-order valence-electron chi connectivity index (χ2n) is 5.61. The van der Waals surface area contributed by atoms with Crippen molar-refractivity contribution in [2.24, 2.45) is 5.41 Å². The van der Waals surface area contributed by atoms with E-state index in [9.17, 15) is 9.90 Å². The molecule has 96 valence electrons. The van der Waals surface area contributed by atoms with Gasteiger partial charge in [-0.25, -0.2) is 0 Å². The Kier molecular flexibility index (Phi) is 7.39. The Balaban J connectivity index is 3.46. The Bertz CT molecular complexity index is 197. The second kappa shape index (κ2) is 7.66. The van der Waals surface area contributed by atoms with Crippen LogP contribution in [0.2, 0.25) is 0 Å². The fourth-order valence-corrected chi connectivity index (χ4v) is 1.45. The van der Waals surface area contributed by atoms with Crippen LogP contribution >= 0.6 is 0 Å². The Hall–Kier alpha value is -0.570. The van der Waals surface area contributed by atoms with Crippen molar-refractivity contribution in [3.8, 4) is 0 Å². The minimum absolute atomic E-state index is 0.104. The van der Waals surface area contributed by atoms with Gasteiger partial charge in [0.15, 0.2) is 0 Å². The van der Waals surface area contributed by atoms with Crippen LogP contribution in [0.1, 0.15) is 59.8 Å². The highest BCUT2D eigenvalue weighted by Crippen LogP contribution is 2.21. The highest BCUT2D eigenvalue weighted by molar-refractivity contribution is 5.75. The van der Waals surface area contributed by atoms with Gasteiger partial charge in [0, 0.05) is 13.0 Å². The van der Waals surface area contributed by atoms with Gasteiger partial charge in [-0.1, -0.05) is 27.7 Å². The van der Waals surface area contributed by atoms with Crippen molar-refractivity contribution in [3.05, 3.63) is 0 Å². The lowest BCUT2D eigenvalue weighted by Gasteiger charge is -2.17. The lowest BCUT2D eigenvalue weighted by Crippen LogP contribution is -2.26. The molecule has 2 N–H and O–H groups in total. The minimum Gasteiger partial charge on any atom is -0.393 e. The molecule has 3 nitrogen and oxygen atoms in total. The molecule has 16 heavy (non-hydrogen) atoms. The third kappa shape index (κ3) is 9.97. The van der Waals surface area contributed by atoms with Crippen LogP contribution in [0, 0.1) is 5.41 Å². The molecule has 0 heterocycles. The van der Waals surface area contributed by atoms with Crippen LogP contribution in [0.5, 0.6) is 0 Å². The van der Waals surface area contributed by atoms with Gasteiger partial charge >= 0.3 is 0 Å². The summed E-state index contributed by atoms with van der Waals surface area (Å²) in [5.74, 6) is 0.104. The SMILES string of the molecule is CCC(O)CCNC(=O)CCCC(C)(C)C. The topological polar surface area (TPSA) is 49.3 Å². The molecule has 3 heteroatoms. The summed E-state index contributed by atoms with van der Waals surface area (Å²) in [7, 11) is 0. The zero-order valence-electron chi connectivity index (χ0n) is 11.2. The average molecular weight is 229 g/mol. The van der Waals surface area contributed by atoms with Gasteiger partial charge in [-0.3, -0.25) is 4.79 Å². The Morgan fingerprint density at radius 3 is 2.50 bits per heavy atom. The highest BCUT2D eigenvalue weighted by Gasteiger charge is 2.11. The van der Waals surface area contributed by atoms with Crippen LogP contribution in [-0.2, 0) is 4.79 Å². The second-order valence-corrected chi connectivity index (χ2v) is 5.61. The highest BCUT2D eigenvalue weighted by atomic mass is 16.3. The molecule has 0 rings (SSSR count). The first-order valence-corrected chi connectivity index (χ1v) is 6.30. The number of aliphatic hydroxyl groups is 1. The first-order chi connectivity index (χ1) is 7.35. The molecule has 1 unspecified atom stereocenters. The molecule has 0 bridgehead atoms. The van der Waals surface area contributed by atoms with Crippen LogP contribution in [0.4, 0.5) is 0 Å². The molecule has 0 aromatic carbocycles. The number of hydrogen-bond acceptors (Lipinski definition) is 2. The summed E-state index contributed by atoms with van der Waals surface area (Å²) in [6, 6.07) is 0. The van der Waals surface area contributed by atoms with Crippen LogP contribution in [0.25, 0.3) is 0 Å². The molecule has 0 aliphatic carbocycles. The average Bonchev–Trinajstić information content (AvgIpc) is 2.15. The van der Waals surface area contributed by atoms with E-state index >= 15 is 0 Å². The largest absolute Gasteiger partial charge is 0.393 e. The van der Waals surface area contributed by atoms with E-state index in [0.29, 0.717) is 24.8 Å². The van der Waals surface area contributed by atoms with E-state index < -0.39 is 0 Å². The molecule has 1 amide bonds. The van der Waals surface area contributed by atoms with Crippen molar-refractivity contribution in [2.45, 2.75) is 65.9 Å². The quantitative estimate of drug-likeness (QED) is 0.704. The molecule has 0 fully saturated rings. The molecule has 0 saturated heterocycles. The monoisotopic (exact) mass is 229 g/mol. The van der Waals surface area contributed by atoms with Crippen molar-refractivity contribution in [3.63, 3.8) is 0 Å².